The molecule has 1 saturated carbocycles. The van der Waals surface area contributed by atoms with Crippen molar-refractivity contribution < 1.29 is 8.42 Å². The molecule has 0 N–H and O–H groups in total. The van der Waals surface area contributed by atoms with Crippen LogP contribution in [0.3, 0.4) is 0 Å². The van der Waals surface area contributed by atoms with E-state index in [1.54, 1.807) is 0 Å². The molecule has 0 radical (unpaired) electrons. The van der Waals surface area contributed by atoms with Crippen LogP contribution in [0.5, 0.6) is 0 Å². The molecule has 0 aromatic rings. The van der Waals surface area contributed by atoms with Crippen molar-refractivity contribution in [2.24, 2.45) is 5.41 Å². The van der Waals surface area contributed by atoms with E-state index in [1.165, 1.54) is 0 Å². The standard InChI is InChI=1S/C8H11NO2S/c1-7(9-2)3-8(4-7)5-12(10,11)6-8/h3-6H2,1H3. The Balaban J connectivity index is 2.05. The van der Waals surface area contributed by atoms with Crippen LogP contribution in [0.2, 0.25) is 0 Å². The van der Waals surface area contributed by atoms with Gasteiger partial charge in [-0.2, -0.15) is 0 Å². The van der Waals surface area contributed by atoms with Gasteiger partial charge in [-0.3, -0.25) is 0 Å². The van der Waals surface area contributed by atoms with E-state index in [9.17, 15) is 8.42 Å². The molecule has 2 fully saturated rings. The fourth-order valence-electron chi connectivity index (χ4n) is 2.74. The van der Waals surface area contributed by atoms with Crippen LogP contribution in [0.1, 0.15) is 19.8 Å². The number of sulfone groups is 1. The van der Waals surface area contributed by atoms with Gasteiger partial charge in [-0.1, -0.05) is 0 Å². The molecular formula is C8H11NO2S. The lowest BCUT2D eigenvalue weighted by Gasteiger charge is -2.52. The third kappa shape index (κ3) is 0.962. The molecule has 1 heterocycles. The van der Waals surface area contributed by atoms with E-state index >= 15 is 0 Å². The molecule has 2 rings (SSSR count). The normalized spacial score (nSPS) is 33.0. The highest BCUT2D eigenvalue weighted by atomic mass is 32.2. The quantitative estimate of drug-likeness (QED) is 0.525. The molecule has 3 nitrogen and oxygen atoms in total. The van der Waals surface area contributed by atoms with Crippen LogP contribution in [0, 0.1) is 12.0 Å². The zero-order valence-corrected chi connectivity index (χ0v) is 7.82. The van der Waals surface area contributed by atoms with E-state index in [4.69, 9.17) is 6.57 Å². The molecular weight excluding hydrogens is 174 g/mol. The summed E-state index contributed by atoms with van der Waals surface area (Å²) in [5.41, 5.74) is -0.242. The summed E-state index contributed by atoms with van der Waals surface area (Å²) in [6, 6.07) is 0. The molecule has 66 valence electrons. The van der Waals surface area contributed by atoms with Crippen molar-refractivity contribution in [2.75, 3.05) is 11.5 Å². The summed E-state index contributed by atoms with van der Waals surface area (Å²) in [5, 5.41) is 0. The third-order valence-corrected chi connectivity index (χ3v) is 4.94. The summed E-state index contributed by atoms with van der Waals surface area (Å²) in [5.74, 6) is 0.649. The molecule has 0 atom stereocenters. The highest BCUT2D eigenvalue weighted by molar-refractivity contribution is 7.92. The first kappa shape index (κ1) is 8.06. The highest BCUT2D eigenvalue weighted by Crippen LogP contribution is 2.56. The first-order valence-electron chi connectivity index (χ1n) is 3.98. The minimum Gasteiger partial charge on any atom is -0.311 e. The topological polar surface area (TPSA) is 38.5 Å². The lowest BCUT2D eigenvalue weighted by atomic mass is 9.60. The van der Waals surface area contributed by atoms with Crippen molar-refractivity contribution in [1.82, 2.24) is 0 Å². The summed E-state index contributed by atoms with van der Waals surface area (Å²) in [4.78, 5) is 3.51. The van der Waals surface area contributed by atoms with Gasteiger partial charge < -0.3 is 4.85 Å². The van der Waals surface area contributed by atoms with Crippen molar-refractivity contribution in [3.05, 3.63) is 11.4 Å². The molecule has 4 heteroatoms. The lowest BCUT2D eigenvalue weighted by Crippen LogP contribution is -2.61. The molecule has 0 bridgehead atoms. The number of hydrogen-bond donors (Lipinski definition) is 0. The third-order valence-electron chi connectivity index (χ3n) is 2.83. The summed E-state index contributed by atoms with van der Waals surface area (Å²) >= 11 is 0. The zero-order valence-electron chi connectivity index (χ0n) is 7.00. The molecule has 0 aromatic heterocycles. The van der Waals surface area contributed by atoms with E-state index in [0.29, 0.717) is 11.5 Å². The second-order valence-corrected chi connectivity index (χ2v) is 6.56. The molecule has 0 unspecified atom stereocenters. The summed E-state index contributed by atoms with van der Waals surface area (Å²) < 4.78 is 21.8. The fourth-order valence-corrected chi connectivity index (χ4v) is 4.93. The second-order valence-electron chi connectivity index (χ2n) is 4.49. The number of nitrogens with zero attached hydrogens (tertiary/aromatic N) is 1. The Morgan fingerprint density at radius 2 is 1.83 bits per heavy atom. The largest absolute Gasteiger partial charge is 0.311 e. The predicted molar refractivity (Wildman–Crippen MR) is 45.3 cm³/mol. The Kier molecular flexibility index (Phi) is 1.24. The van der Waals surface area contributed by atoms with Crippen LogP contribution in [0.4, 0.5) is 0 Å². The van der Waals surface area contributed by atoms with Crippen LogP contribution in [0.25, 0.3) is 4.85 Å². The average molecular weight is 185 g/mol. The predicted octanol–water partition coefficient (Wildman–Crippen LogP) is 0.873. The fraction of sp³-hybridized carbons (Fsp3) is 0.875. The molecule has 0 amide bonds. The average Bonchev–Trinajstić information content (AvgIpc) is 1.80. The Morgan fingerprint density at radius 3 is 2.17 bits per heavy atom. The smallest absolute Gasteiger partial charge is 0.231 e. The van der Waals surface area contributed by atoms with Crippen molar-refractivity contribution in [3.63, 3.8) is 0 Å². The van der Waals surface area contributed by atoms with Gasteiger partial charge in [0.05, 0.1) is 11.5 Å². The van der Waals surface area contributed by atoms with Gasteiger partial charge >= 0.3 is 0 Å². The van der Waals surface area contributed by atoms with Gasteiger partial charge in [-0.15, -0.1) is 0 Å². The van der Waals surface area contributed by atoms with Crippen molar-refractivity contribution in [1.29, 1.82) is 0 Å². The summed E-state index contributed by atoms with van der Waals surface area (Å²) in [6.45, 7) is 8.82. The first-order chi connectivity index (χ1) is 5.39. The maximum Gasteiger partial charge on any atom is 0.231 e. The van der Waals surface area contributed by atoms with Gasteiger partial charge in [0, 0.05) is 25.2 Å². The number of hydrogen-bond acceptors (Lipinski definition) is 2. The van der Waals surface area contributed by atoms with Crippen LogP contribution < -0.4 is 0 Å². The lowest BCUT2D eigenvalue weighted by molar-refractivity contribution is 0.0971. The van der Waals surface area contributed by atoms with Gasteiger partial charge in [0.15, 0.2) is 9.84 Å². The van der Waals surface area contributed by atoms with E-state index in [1.807, 2.05) is 6.92 Å². The highest BCUT2D eigenvalue weighted by Gasteiger charge is 2.65. The molecule has 1 aliphatic carbocycles. The van der Waals surface area contributed by atoms with Crippen LogP contribution in [-0.2, 0) is 9.84 Å². The molecule has 0 aromatic carbocycles. The maximum absolute atomic E-state index is 10.9. The van der Waals surface area contributed by atoms with Gasteiger partial charge in [-0.05, 0) is 0 Å². The van der Waals surface area contributed by atoms with E-state index in [2.05, 4.69) is 4.85 Å². The Morgan fingerprint density at radius 1 is 1.33 bits per heavy atom. The molecule has 1 aliphatic heterocycles. The monoisotopic (exact) mass is 185 g/mol. The number of rotatable bonds is 0. The molecule has 1 saturated heterocycles. The molecule has 2 aliphatic rings. The summed E-state index contributed by atoms with van der Waals surface area (Å²) in [7, 11) is -2.71. The van der Waals surface area contributed by atoms with Crippen LogP contribution in [0.15, 0.2) is 0 Å². The minimum atomic E-state index is -2.71. The van der Waals surface area contributed by atoms with Gasteiger partial charge in [0.1, 0.15) is 0 Å². The molecule has 12 heavy (non-hydrogen) atoms. The van der Waals surface area contributed by atoms with Crippen LogP contribution >= 0.6 is 0 Å². The van der Waals surface area contributed by atoms with E-state index in [0.717, 1.165) is 12.8 Å². The first-order valence-corrected chi connectivity index (χ1v) is 5.80. The van der Waals surface area contributed by atoms with Crippen molar-refractivity contribution in [3.8, 4) is 0 Å². The minimum absolute atomic E-state index is 0.0120. The Labute approximate surface area is 72.5 Å². The van der Waals surface area contributed by atoms with Crippen molar-refractivity contribution >= 4 is 9.84 Å². The second kappa shape index (κ2) is 1.85. The van der Waals surface area contributed by atoms with Gasteiger partial charge in [-0.25, -0.2) is 15.0 Å². The Hall–Kier alpha value is -0.560. The van der Waals surface area contributed by atoms with Crippen LogP contribution in [-0.4, -0.2) is 25.5 Å². The summed E-state index contributed by atoms with van der Waals surface area (Å²) in [6.07, 6.45) is 1.56. The van der Waals surface area contributed by atoms with Crippen molar-refractivity contribution in [2.45, 2.75) is 25.3 Å². The van der Waals surface area contributed by atoms with Gasteiger partial charge in [0.2, 0.25) is 5.54 Å². The zero-order chi connectivity index (χ0) is 9.04. The van der Waals surface area contributed by atoms with Gasteiger partial charge in [0.25, 0.3) is 0 Å². The van der Waals surface area contributed by atoms with E-state index < -0.39 is 9.84 Å². The SMILES string of the molecule is [C-]#[N+]C1(C)CC2(C1)CS(=O)(=O)C2. The van der Waals surface area contributed by atoms with E-state index in [-0.39, 0.29) is 11.0 Å². The maximum atomic E-state index is 10.9. The Bertz CT molecular complexity index is 343. The molecule has 1 spiro atoms.